The molecule has 0 N–H and O–H groups in total. The second-order valence-corrected chi connectivity index (χ2v) is 6.93. The van der Waals surface area contributed by atoms with E-state index in [1.165, 1.54) is 25.9 Å². The molecule has 0 aromatic heterocycles. The van der Waals surface area contributed by atoms with Gasteiger partial charge < -0.3 is 14.4 Å². The summed E-state index contributed by atoms with van der Waals surface area (Å²) >= 11 is 17.9. The average molecular weight is 367 g/mol. The van der Waals surface area contributed by atoms with Gasteiger partial charge in [-0.25, -0.2) is 0 Å². The van der Waals surface area contributed by atoms with E-state index < -0.39 is 0 Å². The molecule has 0 spiro atoms. The molecule has 6 heteroatoms. The summed E-state index contributed by atoms with van der Waals surface area (Å²) in [4.78, 5) is 2.45. The minimum Gasteiger partial charge on any atom is -0.488 e. The normalized spacial score (nSPS) is 16.9. The van der Waals surface area contributed by atoms with Gasteiger partial charge in [-0.05, 0) is 44.0 Å². The Balaban J connectivity index is 1.60. The number of likely N-dealkylation sites (tertiary alicyclic amines) is 1. The van der Waals surface area contributed by atoms with Crippen LogP contribution in [0, 0.1) is 5.92 Å². The number of benzene rings is 1. The zero-order valence-electron chi connectivity index (χ0n) is 12.8. The van der Waals surface area contributed by atoms with Gasteiger partial charge in [0.25, 0.3) is 0 Å². The van der Waals surface area contributed by atoms with E-state index in [4.69, 9.17) is 44.3 Å². The van der Waals surface area contributed by atoms with Crippen molar-refractivity contribution in [3.63, 3.8) is 0 Å². The van der Waals surface area contributed by atoms with Crippen molar-refractivity contribution in [2.75, 3.05) is 39.5 Å². The second-order valence-electron chi connectivity index (χ2n) is 5.68. The summed E-state index contributed by atoms with van der Waals surface area (Å²) in [5.74, 6) is 1.32. The maximum Gasteiger partial charge on any atom is 0.156 e. The van der Waals surface area contributed by atoms with E-state index in [1.807, 2.05) is 0 Å². The standard InChI is InChI=1S/C16H22Cl3NO2/c1-12-2-4-20(5-3-12)6-7-21-8-9-22-16-14(18)10-13(17)11-15(16)19/h10-12H,2-9H2,1H3. The van der Waals surface area contributed by atoms with Crippen LogP contribution in [0.3, 0.4) is 0 Å². The predicted octanol–water partition coefficient (Wildman–Crippen LogP) is 4.77. The van der Waals surface area contributed by atoms with Crippen molar-refractivity contribution in [1.29, 1.82) is 0 Å². The van der Waals surface area contributed by atoms with Gasteiger partial charge in [0, 0.05) is 11.6 Å². The summed E-state index contributed by atoms with van der Waals surface area (Å²) in [7, 11) is 0. The van der Waals surface area contributed by atoms with Gasteiger partial charge in [0.1, 0.15) is 6.61 Å². The van der Waals surface area contributed by atoms with Crippen LogP contribution in [0.15, 0.2) is 12.1 Å². The van der Waals surface area contributed by atoms with Crippen LogP contribution < -0.4 is 4.74 Å². The predicted molar refractivity (Wildman–Crippen MR) is 92.6 cm³/mol. The molecule has 1 aromatic carbocycles. The van der Waals surface area contributed by atoms with E-state index in [0.717, 1.165) is 19.1 Å². The molecule has 2 rings (SSSR count). The molecule has 1 aliphatic rings. The van der Waals surface area contributed by atoms with E-state index in [-0.39, 0.29) is 0 Å². The van der Waals surface area contributed by atoms with Gasteiger partial charge in [-0.3, -0.25) is 0 Å². The lowest BCUT2D eigenvalue weighted by molar-refractivity contribution is 0.0709. The third-order valence-corrected chi connectivity index (χ3v) is 4.64. The fourth-order valence-corrected chi connectivity index (χ4v) is 3.38. The third-order valence-electron chi connectivity index (χ3n) is 3.87. The lowest BCUT2D eigenvalue weighted by Crippen LogP contribution is -2.35. The van der Waals surface area contributed by atoms with Crippen molar-refractivity contribution in [2.24, 2.45) is 5.92 Å². The molecular formula is C16H22Cl3NO2. The molecule has 1 fully saturated rings. The summed E-state index contributed by atoms with van der Waals surface area (Å²) in [6, 6.07) is 3.23. The first kappa shape index (κ1) is 18.2. The van der Waals surface area contributed by atoms with E-state index in [2.05, 4.69) is 11.8 Å². The Morgan fingerprint density at radius 1 is 1.05 bits per heavy atom. The maximum atomic E-state index is 6.05. The van der Waals surface area contributed by atoms with Gasteiger partial charge in [0.15, 0.2) is 5.75 Å². The second kappa shape index (κ2) is 9.19. The van der Waals surface area contributed by atoms with Crippen LogP contribution in [-0.4, -0.2) is 44.4 Å². The van der Waals surface area contributed by atoms with Crippen LogP contribution in [0.5, 0.6) is 5.75 Å². The Labute approximate surface area is 147 Å². The number of nitrogens with zero attached hydrogens (tertiary/aromatic N) is 1. The highest BCUT2D eigenvalue weighted by Crippen LogP contribution is 2.35. The van der Waals surface area contributed by atoms with Crippen LogP contribution in [-0.2, 0) is 4.74 Å². The Morgan fingerprint density at radius 2 is 1.68 bits per heavy atom. The molecule has 0 unspecified atom stereocenters. The van der Waals surface area contributed by atoms with Crippen LogP contribution >= 0.6 is 34.8 Å². The smallest absolute Gasteiger partial charge is 0.156 e. The van der Waals surface area contributed by atoms with E-state index in [0.29, 0.717) is 34.0 Å². The molecule has 1 aromatic rings. The van der Waals surface area contributed by atoms with E-state index >= 15 is 0 Å². The average Bonchev–Trinajstić information content (AvgIpc) is 2.46. The van der Waals surface area contributed by atoms with E-state index in [9.17, 15) is 0 Å². The summed E-state index contributed by atoms with van der Waals surface area (Å²) in [6.07, 6.45) is 2.58. The summed E-state index contributed by atoms with van der Waals surface area (Å²) in [6.45, 7) is 7.30. The first-order valence-corrected chi connectivity index (χ1v) is 8.77. The summed E-state index contributed by atoms with van der Waals surface area (Å²) in [5.41, 5.74) is 0. The molecule has 0 aliphatic carbocycles. The molecule has 0 atom stereocenters. The maximum absolute atomic E-state index is 6.05. The lowest BCUT2D eigenvalue weighted by atomic mass is 9.99. The first-order chi connectivity index (χ1) is 10.6. The number of hydrogen-bond acceptors (Lipinski definition) is 3. The Bertz CT molecular complexity index is 453. The SMILES string of the molecule is CC1CCN(CCOCCOc2c(Cl)cc(Cl)cc2Cl)CC1. The molecule has 1 heterocycles. The number of hydrogen-bond donors (Lipinski definition) is 0. The molecule has 1 aliphatic heterocycles. The monoisotopic (exact) mass is 365 g/mol. The molecule has 0 amide bonds. The van der Waals surface area contributed by atoms with Gasteiger partial charge in [0.05, 0.1) is 23.3 Å². The lowest BCUT2D eigenvalue weighted by Gasteiger charge is -2.29. The fraction of sp³-hybridized carbons (Fsp3) is 0.625. The highest BCUT2D eigenvalue weighted by Gasteiger charge is 2.15. The molecule has 0 saturated carbocycles. The summed E-state index contributed by atoms with van der Waals surface area (Å²) in [5, 5.41) is 1.33. The Kier molecular flexibility index (Phi) is 7.58. The van der Waals surface area contributed by atoms with Crippen molar-refractivity contribution in [3.8, 4) is 5.75 Å². The number of halogens is 3. The minimum absolute atomic E-state index is 0.415. The quantitative estimate of drug-likeness (QED) is 0.649. The number of piperidine rings is 1. The topological polar surface area (TPSA) is 21.7 Å². The molecule has 0 radical (unpaired) electrons. The number of rotatable bonds is 7. The van der Waals surface area contributed by atoms with Crippen LogP contribution in [0.2, 0.25) is 15.1 Å². The van der Waals surface area contributed by atoms with Crippen LogP contribution in [0.4, 0.5) is 0 Å². The van der Waals surface area contributed by atoms with Crippen molar-refractivity contribution >= 4 is 34.8 Å². The third kappa shape index (κ3) is 5.78. The van der Waals surface area contributed by atoms with Crippen molar-refractivity contribution < 1.29 is 9.47 Å². The highest BCUT2D eigenvalue weighted by molar-refractivity contribution is 6.40. The number of ether oxygens (including phenoxy) is 2. The zero-order chi connectivity index (χ0) is 15.9. The Morgan fingerprint density at radius 3 is 2.32 bits per heavy atom. The first-order valence-electron chi connectivity index (χ1n) is 7.63. The van der Waals surface area contributed by atoms with Crippen LogP contribution in [0.25, 0.3) is 0 Å². The van der Waals surface area contributed by atoms with Gasteiger partial charge in [-0.15, -0.1) is 0 Å². The molecule has 1 saturated heterocycles. The van der Waals surface area contributed by atoms with Crippen molar-refractivity contribution in [3.05, 3.63) is 27.2 Å². The van der Waals surface area contributed by atoms with Crippen molar-refractivity contribution in [2.45, 2.75) is 19.8 Å². The molecule has 0 bridgehead atoms. The van der Waals surface area contributed by atoms with Crippen molar-refractivity contribution in [1.82, 2.24) is 4.90 Å². The van der Waals surface area contributed by atoms with Gasteiger partial charge >= 0.3 is 0 Å². The zero-order valence-corrected chi connectivity index (χ0v) is 15.1. The Hall–Kier alpha value is -0.190. The molecule has 124 valence electrons. The largest absolute Gasteiger partial charge is 0.488 e. The van der Waals surface area contributed by atoms with Gasteiger partial charge in [0.2, 0.25) is 0 Å². The van der Waals surface area contributed by atoms with E-state index in [1.54, 1.807) is 12.1 Å². The summed E-state index contributed by atoms with van der Waals surface area (Å²) < 4.78 is 11.2. The molecule has 3 nitrogen and oxygen atoms in total. The van der Waals surface area contributed by atoms with Gasteiger partial charge in [-0.1, -0.05) is 41.7 Å². The minimum atomic E-state index is 0.415. The van der Waals surface area contributed by atoms with Crippen LogP contribution in [0.1, 0.15) is 19.8 Å². The molecular weight excluding hydrogens is 345 g/mol. The fourth-order valence-electron chi connectivity index (χ4n) is 2.45. The molecule has 22 heavy (non-hydrogen) atoms. The highest BCUT2D eigenvalue weighted by atomic mass is 35.5. The van der Waals surface area contributed by atoms with Gasteiger partial charge in [-0.2, -0.15) is 0 Å².